The van der Waals surface area contributed by atoms with E-state index >= 15 is 0 Å². The Hall–Kier alpha value is -2.97. The monoisotopic (exact) mass is 382 g/mol. The van der Waals surface area contributed by atoms with Gasteiger partial charge < -0.3 is 4.74 Å². The Kier molecular flexibility index (Phi) is 6.33. The van der Waals surface area contributed by atoms with E-state index in [0.29, 0.717) is 6.42 Å². The van der Waals surface area contributed by atoms with Crippen LogP contribution in [0.4, 0.5) is 0 Å². The maximum atomic E-state index is 11.9. The van der Waals surface area contributed by atoms with Crippen LogP contribution >= 0.6 is 0 Å². The van der Waals surface area contributed by atoms with Crippen molar-refractivity contribution in [2.45, 2.75) is 25.4 Å². The summed E-state index contributed by atoms with van der Waals surface area (Å²) in [5.41, 5.74) is 5.82. The van der Waals surface area contributed by atoms with Crippen molar-refractivity contribution in [2.75, 3.05) is 6.61 Å². The maximum Gasteiger partial charge on any atom is 0.146 e. The maximum absolute atomic E-state index is 11.9. The van der Waals surface area contributed by atoms with Crippen molar-refractivity contribution in [3.05, 3.63) is 119 Å². The highest BCUT2D eigenvalue weighted by atomic mass is 16.5. The molecule has 1 heterocycles. The van der Waals surface area contributed by atoms with Gasteiger partial charge in [-0.15, -0.1) is 0 Å². The molecule has 0 saturated carbocycles. The molecule has 2 atom stereocenters. The lowest BCUT2D eigenvalue weighted by Gasteiger charge is -2.31. The van der Waals surface area contributed by atoms with Crippen molar-refractivity contribution in [1.29, 1.82) is 0 Å². The lowest BCUT2D eigenvalue weighted by atomic mass is 9.84. The molecule has 0 bridgehead atoms. The number of aldehydes is 1. The molecule has 2 unspecified atom stereocenters. The second kappa shape index (κ2) is 9.49. The number of benzene rings is 3. The van der Waals surface area contributed by atoms with Crippen molar-refractivity contribution in [3.63, 3.8) is 0 Å². The molecule has 1 aliphatic heterocycles. The van der Waals surface area contributed by atoms with Gasteiger partial charge in [-0.2, -0.15) is 0 Å². The summed E-state index contributed by atoms with van der Waals surface area (Å²) in [5, 5.41) is 0. The summed E-state index contributed by atoms with van der Waals surface area (Å²) in [6.07, 6.45) is 5.53. The first kappa shape index (κ1) is 19.4. The second-order valence-corrected chi connectivity index (χ2v) is 7.62. The third kappa shape index (κ3) is 4.90. The van der Waals surface area contributed by atoms with Crippen LogP contribution in [0.5, 0.6) is 0 Å². The van der Waals surface area contributed by atoms with Crippen molar-refractivity contribution < 1.29 is 9.53 Å². The number of carbonyl (C=O) groups excluding carboxylic acids is 1. The van der Waals surface area contributed by atoms with Gasteiger partial charge in [-0.1, -0.05) is 91.0 Å². The fraction of sp³-hybridized carbons (Fsp3) is 0.222. The summed E-state index contributed by atoms with van der Waals surface area (Å²) in [5.74, 6) is 0.0998. The van der Waals surface area contributed by atoms with Gasteiger partial charge in [-0.3, -0.25) is 4.79 Å². The van der Waals surface area contributed by atoms with E-state index in [1.54, 1.807) is 0 Å². The Labute approximate surface area is 172 Å². The van der Waals surface area contributed by atoms with Gasteiger partial charge in [0.2, 0.25) is 0 Å². The summed E-state index contributed by atoms with van der Waals surface area (Å²) < 4.78 is 6.27. The van der Waals surface area contributed by atoms with Crippen molar-refractivity contribution in [3.8, 4) is 0 Å². The molecular formula is C27H26O2. The zero-order chi connectivity index (χ0) is 19.9. The van der Waals surface area contributed by atoms with Crippen LogP contribution in [0.2, 0.25) is 0 Å². The molecule has 0 aromatic heterocycles. The number of hydrogen-bond donors (Lipinski definition) is 0. The summed E-state index contributed by atoms with van der Waals surface area (Å²) >= 11 is 0. The van der Waals surface area contributed by atoms with Gasteiger partial charge in [0.1, 0.15) is 6.29 Å². The SMILES string of the molecule is O=C/C(=C\C(Cc1ccccc1)C1OCCc2ccccc21)Cc1ccccc1. The molecule has 0 saturated heterocycles. The third-order valence-electron chi connectivity index (χ3n) is 5.56. The average Bonchev–Trinajstić information content (AvgIpc) is 2.79. The van der Waals surface area contributed by atoms with Crippen LogP contribution in [0.1, 0.15) is 28.4 Å². The molecule has 3 aromatic rings. The van der Waals surface area contributed by atoms with E-state index in [2.05, 4.69) is 66.7 Å². The number of rotatable bonds is 7. The van der Waals surface area contributed by atoms with E-state index in [1.807, 2.05) is 24.3 Å². The Morgan fingerprint density at radius 3 is 2.28 bits per heavy atom. The first-order valence-corrected chi connectivity index (χ1v) is 10.3. The molecule has 146 valence electrons. The molecule has 1 aliphatic rings. The highest BCUT2D eigenvalue weighted by molar-refractivity contribution is 5.74. The largest absolute Gasteiger partial charge is 0.373 e. The molecule has 0 fully saturated rings. The molecule has 0 amide bonds. The van der Waals surface area contributed by atoms with Crippen molar-refractivity contribution in [1.82, 2.24) is 0 Å². The number of fused-ring (bicyclic) bond motifs is 1. The van der Waals surface area contributed by atoms with Gasteiger partial charge in [0.05, 0.1) is 12.7 Å². The second-order valence-electron chi connectivity index (χ2n) is 7.62. The molecule has 0 radical (unpaired) electrons. The molecule has 3 aromatic carbocycles. The van der Waals surface area contributed by atoms with E-state index < -0.39 is 0 Å². The molecule has 4 rings (SSSR count). The standard InChI is InChI=1S/C27H26O2/c28-20-23(17-21-9-3-1-4-10-21)19-25(18-22-11-5-2-6-12-22)27-26-14-8-7-13-24(26)15-16-29-27/h1-14,19-20,25,27H,15-18H2/b23-19-. The van der Waals surface area contributed by atoms with E-state index in [-0.39, 0.29) is 12.0 Å². The summed E-state index contributed by atoms with van der Waals surface area (Å²) in [4.78, 5) is 11.9. The topological polar surface area (TPSA) is 26.3 Å². The fourth-order valence-electron chi connectivity index (χ4n) is 4.17. The minimum atomic E-state index is -0.0362. The minimum absolute atomic E-state index is 0.0362. The van der Waals surface area contributed by atoms with E-state index in [1.165, 1.54) is 16.7 Å². The number of allylic oxidation sites excluding steroid dienone is 1. The molecule has 0 N–H and O–H groups in total. The van der Waals surface area contributed by atoms with Crippen LogP contribution in [-0.2, 0) is 28.8 Å². The summed E-state index contributed by atoms with van der Waals surface area (Å²) in [6, 6.07) is 29.1. The van der Waals surface area contributed by atoms with Crippen molar-refractivity contribution in [2.24, 2.45) is 5.92 Å². The Bertz CT molecular complexity index is 960. The summed E-state index contributed by atoms with van der Waals surface area (Å²) in [6.45, 7) is 0.718. The highest BCUT2D eigenvalue weighted by Gasteiger charge is 2.28. The van der Waals surface area contributed by atoms with Crippen molar-refractivity contribution >= 4 is 6.29 Å². The van der Waals surface area contributed by atoms with E-state index in [0.717, 1.165) is 36.9 Å². The summed E-state index contributed by atoms with van der Waals surface area (Å²) in [7, 11) is 0. The number of ether oxygens (including phenoxy) is 1. The molecule has 0 aliphatic carbocycles. The smallest absolute Gasteiger partial charge is 0.146 e. The van der Waals surface area contributed by atoms with Crippen LogP contribution in [0.3, 0.4) is 0 Å². The lowest BCUT2D eigenvalue weighted by Crippen LogP contribution is -2.24. The molecule has 0 spiro atoms. The zero-order valence-electron chi connectivity index (χ0n) is 16.5. The normalized spacial score (nSPS) is 17.4. The Morgan fingerprint density at radius 1 is 0.897 bits per heavy atom. The third-order valence-corrected chi connectivity index (χ3v) is 5.56. The first-order valence-electron chi connectivity index (χ1n) is 10.3. The molecular weight excluding hydrogens is 356 g/mol. The van der Waals surface area contributed by atoms with Gasteiger partial charge in [0, 0.05) is 12.3 Å². The van der Waals surface area contributed by atoms with Gasteiger partial charge in [-0.25, -0.2) is 0 Å². The van der Waals surface area contributed by atoms with Gasteiger partial charge in [0.15, 0.2) is 0 Å². The fourth-order valence-corrected chi connectivity index (χ4v) is 4.17. The van der Waals surface area contributed by atoms with Gasteiger partial charge >= 0.3 is 0 Å². The molecule has 2 nitrogen and oxygen atoms in total. The number of hydrogen-bond acceptors (Lipinski definition) is 2. The van der Waals surface area contributed by atoms with E-state index in [9.17, 15) is 4.79 Å². The highest BCUT2D eigenvalue weighted by Crippen LogP contribution is 2.36. The van der Waals surface area contributed by atoms with Crippen LogP contribution in [0.15, 0.2) is 96.6 Å². The first-order chi connectivity index (χ1) is 14.3. The Morgan fingerprint density at radius 2 is 1.55 bits per heavy atom. The van der Waals surface area contributed by atoms with Gasteiger partial charge in [0.25, 0.3) is 0 Å². The van der Waals surface area contributed by atoms with Crippen LogP contribution in [0, 0.1) is 5.92 Å². The van der Waals surface area contributed by atoms with Crippen LogP contribution in [0.25, 0.3) is 0 Å². The zero-order valence-corrected chi connectivity index (χ0v) is 16.5. The Balaban J connectivity index is 1.68. The predicted molar refractivity (Wildman–Crippen MR) is 117 cm³/mol. The van der Waals surface area contributed by atoms with Crippen LogP contribution in [-0.4, -0.2) is 12.9 Å². The van der Waals surface area contributed by atoms with Crippen LogP contribution < -0.4 is 0 Å². The average molecular weight is 383 g/mol. The quantitative estimate of drug-likeness (QED) is 0.397. The van der Waals surface area contributed by atoms with Gasteiger partial charge in [-0.05, 0) is 40.7 Å². The minimum Gasteiger partial charge on any atom is -0.373 e. The predicted octanol–water partition coefficient (Wildman–Crippen LogP) is 5.53. The van der Waals surface area contributed by atoms with E-state index in [4.69, 9.17) is 4.74 Å². The number of carbonyl (C=O) groups is 1. The molecule has 2 heteroatoms. The lowest BCUT2D eigenvalue weighted by molar-refractivity contribution is -0.105. The molecule has 29 heavy (non-hydrogen) atoms.